The largest absolute Gasteiger partial charge is 0.394 e. The topological polar surface area (TPSA) is 111 Å². The van der Waals surface area contributed by atoms with E-state index in [0.717, 1.165) is 5.56 Å². The number of aliphatic hydroxyl groups is 2. The fourth-order valence-corrected chi connectivity index (χ4v) is 2.62. The Morgan fingerprint density at radius 2 is 2.08 bits per heavy atom. The zero-order chi connectivity index (χ0) is 17.7. The van der Waals surface area contributed by atoms with Crippen LogP contribution in [0.2, 0.25) is 0 Å². The molecule has 8 heteroatoms. The van der Waals surface area contributed by atoms with Gasteiger partial charge in [0.25, 0.3) is 6.04 Å². The Labute approximate surface area is 140 Å². The van der Waals surface area contributed by atoms with E-state index in [1.54, 1.807) is 13.8 Å². The quantitative estimate of drug-likeness (QED) is 0.529. The molecule has 2 N–H and O–H groups in total. The number of hydrogen-bond acceptors (Lipinski definition) is 7. The minimum Gasteiger partial charge on any atom is -0.394 e. The maximum absolute atomic E-state index is 11.4. The molecule has 1 aliphatic rings. The maximum atomic E-state index is 11.4. The van der Waals surface area contributed by atoms with Gasteiger partial charge in [-0.15, -0.1) is 0 Å². The van der Waals surface area contributed by atoms with Crippen LogP contribution >= 0.6 is 0 Å². The van der Waals surface area contributed by atoms with E-state index in [0.29, 0.717) is 0 Å². The van der Waals surface area contributed by atoms with Gasteiger partial charge in [-0.05, 0) is 19.4 Å². The lowest BCUT2D eigenvalue weighted by Gasteiger charge is -2.27. The van der Waals surface area contributed by atoms with Gasteiger partial charge < -0.3 is 24.4 Å². The molecule has 1 aromatic rings. The molecule has 1 saturated heterocycles. The Morgan fingerprint density at radius 1 is 1.42 bits per heavy atom. The van der Waals surface area contributed by atoms with Crippen molar-refractivity contribution in [2.75, 3.05) is 13.2 Å². The molecular formula is C16H23NO7. The van der Waals surface area contributed by atoms with Crippen LogP contribution in [0.4, 0.5) is 0 Å². The van der Waals surface area contributed by atoms with Gasteiger partial charge in [-0.2, -0.15) is 0 Å². The zero-order valence-corrected chi connectivity index (χ0v) is 13.7. The molecule has 1 heterocycles. The number of rotatable bonds is 8. The van der Waals surface area contributed by atoms with Crippen LogP contribution in [0.1, 0.15) is 19.4 Å². The average Bonchev–Trinajstić information content (AvgIpc) is 2.88. The van der Waals surface area contributed by atoms with Crippen LogP contribution in [0.3, 0.4) is 0 Å². The van der Waals surface area contributed by atoms with Gasteiger partial charge in [0, 0.05) is 4.92 Å². The first kappa shape index (κ1) is 18.8. The Bertz CT molecular complexity index is 536. The van der Waals surface area contributed by atoms with Crippen LogP contribution in [0.25, 0.3) is 0 Å². The summed E-state index contributed by atoms with van der Waals surface area (Å²) in [5.74, 6) is -0.946. The summed E-state index contributed by atoms with van der Waals surface area (Å²) in [7, 11) is 0. The van der Waals surface area contributed by atoms with Crippen molar-refractivity contribution in [1.29, 1.82) is 0 Å². The summed E-state index contributed by atoms with van der Waals surface area (Å²) in [4.78, 5) is 10.8. The molecule has 2 rings (SSSR count). The highest BCUT2D eigenvalue weighted by molar-refractivity contribution is 5.13. The molecule has 0 radical (unpaired) electrons. The second-order valence-electron chi connectivity index (χ2n) is 6.15. The summed E-state index contributed by atoms with van der Waals surface area (Å²) >= 11 is 0. The lowest BCUT2D eigenvalue weighted by molar-refractivity contribution is -0.549. The third kappa shape index (κ3) is 4.71. The standard InChI is InChI=1S/C16H23NO7/c1-16(2)23-10-13(24-16)14(17(20)21)15(19)12(8-18)22-9-11-6-4-3-5-7-11/h3-7,12-15,18-19H,8-10H2,1-2H3/t12-,13-,14-,15-/m1/s1. The van der Waals surface area contributed by atoms with Gasteiger partial charge in [-0.25, -0.2) is 0 Å². The van der Waals surface area contributed by atoms with E-state index in [2.05, 4.69) is 0 Å². The molecule has 0 bridgehead atoms. The SMILES string of the molecule is CC1(C)OC[C@H]([C@H]([C@H](O)[C@@H](CO)OCc2ccccc2)[N+](=O)[O-])O1. The summed E-state index contributed by atoms with van der Waals surface area (Å²) in [5, 5.41) is 31.3. The third-order valence-electron chi connectivity index (χ3n) is 3.87. The van der Waals surface area contributed by atoms with E-state index in [-0.39, 0.29) is 13.2 Å². The number of ether oxygens (including phenoxy) is 3. The minimum atomic E-state index is -1.53. The van der Waals surface area contributed by atoms with Gasteiger partial charge in [0.15, 0.2) is 18.0 Å². The van der Waals surface area contributed by atoms with E-state index in [9.17, 15) is 20.3 Å². The van der Waals surface area contributed by atoms with E-state index in [1.807, 2.05) is 30.3 Å². The van der Waals surface area contributed by atoms with Crippen molar-refractivity contribution in [2.45, 2.75) is 50.6 Å². The molecule has 0 spiro atoms. The van der Waals surface area contributed by atoms with Crippen molar-refractivity contribution in [3.05, 3.63) is 46.0 Å². The first-order chi connectivity index (χ1) is 11.3. The first-order valence-electron chi connectivity index (χ1n) is 7.74. The minimum absolute atomic E-state index is 0.00740. The predicted octanol–water partition coefficient (Wildman–Crippen LogP) is 0.722. The van der Waals surface area contributed by atoms with E-state index >= 15 is 0 Å². The predicted molar refractivity (Wildman–Crippen MR) is 83.8 cm³/mol. The molecule has 1 aliphatic heterocycles. The highest BCUT2D eigenvalue weighted by atomic mass is 16.7. The molecule has 1 fully saturated rings. The molecule has 8 nitrogen and oxygen atoms in total. The van der Waals surface area contributed by atoms with Crippen LogP contribution in [0, 0.1) is 10.1 Å². The van der Waals surface area contributed by atoms with Crippen LogP contribution in [-0.2, 0) is 20.8 Å². The smallest absolute Gasteiger partial charge is 0.269 e. The van der Waals surface area contributed by atoms with Crippen molar-refractivity contribution >= 4 is 0 Å². The summed E-state index contributed by atoms with van der Waals surface area (Å²) in [6.07, 6.45) is -3.55. The summed E-state index contributed by atoms with van der Waals surface area (Å²) in [6, 6.07) is 7.69. The van der Waals surface area contributed by atoms with Crippen LogP contribution in [0.15, 0.2) is 30.3 Å². The van der Waals surface area contributed by atoms with E-state index in [4.69, 9.17) is 14.2 Å². The van der Waals surface area contributed by atoms with E-state index in [1.165, 1.54) is 0 Å². The van der Waals surface area contributed by atoms with E-state index < -0.39 is 41.7 Å². The lowest BCUT2D eigenvalue weighted by Crippen LogP contribution is -2.52. The van der Waals surface area contributed by atoms with Gasteiger partial charge in [0.1, 0.15) is 6.10 Å². The molecule has 1 aromatic carbocycles. The van der Waals surface area contributed by atoms with Gasteiger partial charge >= 0.3 is 0 Å². The van der Waals surface area contributed by atoms with Crippen molar-refractivity contribution in [3.63, 3.8) is 0 Å². The summed E-state index contributed by atoms with van der Waals surface area (Å²) in [6.45, 7) is 2.86. The second kappa shape index (κ2) is 8.00. The first-order valence-corrected chi connectivity index (χ1v) is 7.74. The van der Waals surface area contributed by atoms with Crippen molar-refractivity contribution in [1.82, 2.24) is 0 Å². The molecule has 24 heavy (non-hydrogen) atoms. The van der Waals surface area contributed by atoms with Crippen LogP contribution in [-0.4, -0.2) is 58.5 Å². The monoisotopic (exact) mass is 341 g/mol. The van der Waals surface area contributed by atoms with Gasteiger partial charge in [-0.3, -0.25) is 10.1 Å². The van der Waals surface area contributed by atoms with Gasteiger partial charge in [0.2, 0.25) is 0 Å². The number of nitro groups is 1. The molecule has 4 atom stereocenters. The molecule has 0 saturated carbocycles. The number of benzene rings is 1. The van der Waals surface area contributed by atoms with Crippen molar-refractivity contribution < 1.29 is 29.3 Å². The van der Waals surface area contributed by atoms with Gasteiger partial charge in [-0.1, -0.05) is 30.3 Å². The molecule has 0 amide bonds. The molecule has 0 aromatic heterocycles. The van der Waals surface area contributed by atoms with Crippen molar-refractivity contribution in [3.8, 4) is 0 Å². The number of nitrogens with zero attached hydrogens (tertiary/aromatic N) is 1. The Balaban J connectivity index is 2.03. The highest BCUT2D eigenvalue weighted by Gasteiger charge is 2.49. The summed E-state index contributed by atoms with van der Waals surface area (Å²) in [5.41, 5.74) is 0.836. The highest BCUT2D eigenvalue weighted by Crippen LogP contribution is 2.27. The second-order valence-corrected chi connectivity index (χ2v) is 6.15. The van der Waals surface area contributed by atoms with Crippen LogP contribution < -0.4 is 0 Å². The van der Waals surface area contributed by atoms with Crippen LogP contribution in [0.5, 0.6) is 0 Å². The summed E-state index contributed by atoms with van der Waals surface area (Å²) < 4.78 is 16.3. The zero-order valence-electron chi connectivity index (χ0n) is 13.7. The maximum Gasteiger partial charge on any atom is 0.269 e. The molecule has 0 aliphatic carbocycles. The lowest BCUT2D eigenvalue weighted by atomic mass is 10.0. The number of aliphatic hydroxyl groups excluding tert-OH is 2. The van der Waals surface area contributed by atoms with Crippen molar-refractivity contribution in [2.24, 2.45) is 0 Å². The Hall–Kier alpha value is -1.58. The fraction of sp³-hybridized carbons (Fsp3) is 0.625. The fourth-order valence-electron chi connectivity index (χ4n) is 2.62. The Morgan fingerprint density at radius 3 is 2.58 bits per heavy atom. The average molecular weight is 341 g/mol. The molecular weight excluding hydrogens is 318 g/mol. The molecule has 134 valence electrons. The third-order valence-corrected chi connectivity index (χ3v) is 3.87. The number of hydrogen-bond donors (Lipinski definition) is 2. The Kier molecular flexibility index (Phi) is 6.25. The normalized spacial score (nSPS) is 23.6. The van der Waals surface area contributed by atoms with Gasteiger partial charge in [0.05, 0.1) is 19.8 Å². The molecule has 0 unspecified atom stereocenters.